The fourth-order valence-corrected chi connectivity index (χ4v) is 6.04. The van der Waals surface area contributed by atoms with Crippen molar-refractivity contribution in [2.24, 2.45) is 0 Å². The first-order chi connectivity index (χ1) is 12.1. The normalized spacial score (nSPS) is 31.6. The highest BCUT2D eigenvalue weighted by Gasteiger charge is 2.67. The van der Waals surface area contributed by atoms with Gasteiger partial charge in [-0.15, -0.1) is 22.7 Å². The van der Waals surface area contributed by atoms with Crippen LogP contribution in [0.4, 0.5) is 0 Å². The van der Waals surface area contributed by atoms with Crippen LogP contribution in [0.2, 0.25) is 0 Å². The lowest BCUT2D eigenvalue weighted by Crippen LogP contribution is -2.51. The molecule has 4 unspecified atom stereocenters. The summed E-state index contributed by atoms with van der Waals surface area (Å²) < 4.78 is 12.6. The number of ether oxygens (including phenoxy) is 2. The summed E-state index contributed by atoms with van der Waals surface area (Å²) in [7, 11) is 4.45. The van der Waals surface area contributed by atoms with Gasteiger partial charge in [-0.3, -0.25) is 9.28 Å². The number of likely N-dealkylation sites (N-methyl/N-ethyl adjacent to an activating group) is 1. The topological polar surface area (TPSA) is 38.8 Å². The first-order valence-corrected chi connectivity index (χ1v) is 10.3. The number of quaternary nitrogens is 1. The highest BCUT2D eigenvalue weighted by Crippen LogP contribution is 2.52. The number of fused-ring (bicyclic) bond motifs is 5. The molecule has 0 aromatic carbocycles. The van der Waals surface area contributed by atoms with Crippen LogP contribution in [-0.2, 0) is 14.3 Å². The molecule has 0 spiro atoms. The van der Waals surface area contributed by atoms with Crippen LogP contribution in [0, 0.1) is 0 Å². The molecule has 0 radical (unpaired) electrons. The van der Waals surface area contributed by atoms with Crippen molar-refractivity contribution in [1.29, 1.82) is 0 Å². The summed E-state index contributed by atoms with van der Waals surface area (Å²) in [5.41, 5.74) is 1.27. The van der Waals surface area contributed by atoms with Crippen LogP contribution in [0.3, 0.4) is 0 Å². The predicted octanol–water partition coefficient (Wildman–Crippen LogP) is 3.37. The van der Waals surface area contributed by atoms with Gasteiger partial charge in [-0.1, -0.05) is 12.1 Å². The van der Waals surface area contributed by atoms with Crippen LogP contribution in [0.1, 0.15) is 22.1 Å². The molecule has 130 valence electrons. The van der Waals surface area contributed by atoms with Crippen molar-refractivity contribution in [1.82, 2.24) is 0 Å². The number of thiophene rings is 2. The number of epoxide rings is 1. The molecule has 0 N–H and O–H groups in total. The molecule has 2 aromatic heterocycles. The third-order valence-electron chi connectivity index (χ3n) is 5.68. The Hall–Kier alpha value is -1.47. The summed E-state index contributed by atoms with van der Waals surface area (Å²) in [6.45, 7) is 0. The quantitative estimate of drug-likeness (QED) is 0.468. The average Bonchev–Trinajstić information content (AvgIpc) is 2.91. The third-order valence-corrected chi connectivity index (χ3v) is 7.55. The van der Waals surface area contributed by atoms with Gasteiger partial charge in [0.25, 0.3) is 0 Å². The lowest BCUT2D eigenvalue weighted by Gasteiger charge is -2.39. The Balaban J connectivity index is 1.40. The van der Waals surface area contributed by atoms with Crippen molar-refractivity contribution >= 4 is 28.6 Å². The molecule has 0 saturated carbocycles. The largest absolute Gasteiger partial charge is 0.457 e. The number of esters is 1. The Morgan fingerprint density at radius 2 is 1.92 bits per heavy atom. The molecular formula is C19H20NO3S2+. The van der Waals surface area contributed by atoms with Gasteiger partial charge in [0, 0.05) is 22.3 Å². The molecule has 4 nitrogen and oxygen atoms in total. The Labute approximate surface area is 154 Å². The number of hydrogen-bond acceptors (Lipinski definition) is 5. The van der Waals surface area contributed by atoms with Crippen LogP contribution >= 0.6 is 22.7 Å². The molecule has 4 atom stereocenters. The average molecular weight is 375 g/mol. The van der Waals surface area contributed by atoms with Gasteiger partial charge < -0.3 is 9.47 Å². The first-order valence-electron chi connectivity index (χ1n) is 8.54. The van der Waals surface area contributed by atoms with Gasteiger partial charge in [-0.05, 0) is 22.9 Å². The summed E-state index contributed by atoms with van der Waals surface area (Å²) in [4.78, 5) is 15.1. The maximum absolute atomic E-state index is 13.0. The molecule has 2 fully saturated rings. The van der Waals surface area contributed by atoms with E-state index in [1.54, 1.807) is 22.7 Å². The monoisotopic (exact) mass is 374 g/mol. The second-order valence-corrected chi connectivity index (χ2v) is 9.35. The van der Waals surface area contributed by atoms with E-state index >= 15 is 0 Å². The van der Waals surface area contributed by atoms with Gasteiger partial charge in [0.15, 0.2) is 6.10 Å². The summed E-state index contributed by atoms with van der Waals surface area (Å²) in [6, 6.07) is 8.40. The second kappa shape index (κ2) is 5.51. The Kier molecular flexibility index (Phi) is 3.47. The van der Waals surface area contributed by atoms with Crippen LogP contribution in [-0.4, -0.2) is 48.9 Å². The van der Waals surface area contributed by atoms with Gasteiger partial charge in [0.1, 0.15) is 29.9 Å². The molecule has 2 saturated heterocycles. The van der Waals surface area contributed by atoms with Crippen LogP contribution in [0.25, 0.3) is 0 Å². The van der Waals surface area contributed by atoms with E-state index in [1.807, 2.05) is 35.0 Å². The number of morpholine rings is 1. The van der Waals surface area contributed by atoms with E-state index in [0.717, 1.165) is 20.7 Å². The van der Waals surface area contributed by atoms with Gasteiger partial charge in [0.2, 0.25) is 0 Å². The van der Waals surface area contributed by atoms with E-state index in [4.69, 9.17) is 9.47 Å². The minimum absolute atomic E-state index is 0.141. The SMILES string of the molecule is C[N+]1(C)C2=CC(OC(=O)C(c3cccs3)c3cccs3)CC1C1OC21. The Morgan fingerprint density at radius 3 is 2.48 bits per heavy atom. The molecule has 3 aliphatic rings. The van der Waals surface area contributed by atoms with Crippen LogP contribution in [0.5, 0.6) is 0 Å². The Bertz CT molecular complexity index is 791. The molecule has 0 amide bonds. The predicted molar refractivity (Wildman–Crippen MR) is 97.6 cm³/mol. The first kappa shape index (κ1) is 15.8. The smallest absolute Gasteiger partial charge is 0.320 e. The zero-order valence-electron chi connectivity index (χ0n) is 14.1. The van der Waals surface area contributed by atoms with E-state index in [2.05, 4.69) is 20.2 Å². The zero-order valence-corrected chi connectivity index (χ0v) is 15.8. The van der Waals surface area contributed by atoms with Gasteiger partial charge in [-0.25, -0.2) is 0 Å². The molecule has 6 heteroatoms. The maximum atomic E-state index is 13.0. The summed E-state index contributed by atoms with van der Waals surface area (Å²) in [6.07, 6.45) is 3.39. The van der Waals surface area contributed by atoms with Crippen LogP contribution in [0.15, 0.2) is 46.8 Å². The standard InChI is InChI=1S/C19H20NO3S2/c1-20(2)12-9-11(10-13(20)18-17(12)23-18)22-19(21)16(14-5-3-7-24-14)15-6-4-8-25-15/h3-9,11,13,16-18H,10H2,1-2H3/q+1. The highest BCUT2D eigenvalue weighted by atomic mass is 32.1. The van der Waals surface area contributed by atoms with Crippen molar-refractivity contribution < 1.29 is 18.8 Å². The number of rotatable bonds is 4. The van der Waals surface area contributed by atoms with E-state index in [0.29, 0.717) is 12.1 Å². The zero-order chi connectivity index (χ0) is 17.2. The molecule has 5 heterocycles. The lowest BCUT2D eigenvalue weighted by molar-refractivity contribution is -0.877. The molecular weight excluding hydrogens is 354 g/mol. The number of hydrogen-bond donors (Lipinski definition) is 0. The van der Waals surface area contributed by atoms with Crippen molar-refractivity contribution in [2.75, 3.05) is 14.1 Å². The number of nitrogens with zero attached hydrogens (tertiary/aromatic N) is 1. The number of carbonyl (C=O) groups is 1. The molecule has 25 heavy (non-hydrogen) atoms. The Morgan fingerprint density at radius 1 is 1.24 bits per heavy atom. The highest BCUT2D eigenvalue weighted by molar-refractivity contribution is 7.11. The second-order valence-electron chi connectivity index (χ2n) is 7.39. The molecule has 2 bridgehead atoms. The third kappa shape index (κ3) is 2.43. The molecule has 2 aromatic rings. The van der Waals surface area contributed by atoms with E-state index < -0.39 is 0 Å². The summed E-state index contributed by atoms with van der Waals surface area (Å²) >= 11 is 3.22. The van der Waals surface area contributed by atoms with Gasteiger partial charge in [-0.2, -0.15) is 0 Å². The lowest BCUT2D eigenvalue weighted by atomic mass is 10.0. The molecule has 5 rings (SSSR count). The fraction of sp³-hybridized carbons (Fsp3) is 0.421. The summed E-state index contributed by atoms with van der Waals surface area (Å²) in [5.74, 6) is -0.459. The van der Waals surface area contributed by atoms with Crippen molar-refractivity contribution in [3.63, 3.8) is 0 Å². The fourth-order valence-electron chi connectivity index (χ4n) is 4.31. The van der Waals surface area contributed by atoms with Crippen molar-refractivity contribution in [3.8, 4) is 0 Å². The minimum Gasteiger partial charge on any atom is -0.457 e. The van der Waals surface area contributed by atoms with E-state index in [1.165, 1.54) is 5.70 Å². The van der Waals surface area contributed by atoms with Crippen LogP contribution < -0.4 is 0 Å². The molecule has 0 aliphatic carbocycles. The summed E-state index contributed by atoms with van der Waals surface area (Å²) in [5, 5.41) is 4.02. The van der Waals surface area contributed by atoms with E-state index in [9.17, 15) is 4.79 Å². The van der Waals surface area contributed by atoms with Crippen molar-refractivity contribution in [2.45, 2.75) is 36.7 Å². The number of carbonyl (C=O) groups excluding carboxylic acids is 1. The molecule has 3 aliphatic heterocycles. The maximum Gasteiger partial charge on any atom is 0.320 e. The van der Waals surface area contributed by atoms with Gasteiger partial charge >= 0.3 is 5.97 Å². The van der Waals surface area contributed by atoms with Gasteiger partial charge in [0.05, 0.1) is 14.1 Å². The van der Waals surface area contributed by atoms with E-state index in [-0.39, 0.29) is 24.1 Å². The minimum atomic E-state index is -0.314. The van der Waals surface area contributed by atoms with Crippen molar-refractivity contribution in [3.05, 3.63) is 56.6 Å².